The van der Waals surface area contributed by atoms with Crippen molar-refractivity contribution in [1.29, 1.82) is 0 Å². The molecule has 0 bridgehead atoms. The largest absolute Gasteiger partial charge is 0.358 e. The number of aromatic nitrogens is 2. The topological polar surface area (TPSA) is 34.8 Å². The Morgan fingerprint density at radius 1 is 1.00 bits per heavy atom. The third kappa shape index (κ3) is 2.96. The summed E-state index contributed by atoms with van der Waals surface area (Å²) in [6.45, 7) is 6.66. The number of nitrogens with one attached hydrogen (secondary N) is 2. The van der Waals surface area contributed by atoms with Crippen LogP contribution >= 0.6 is 0 Å². The van der Waals surface area contributed by atoms with Crippen molar-refractivity contribution >= 4 is 21.8 Å². The van der Waals surface area contributed by atoms with Crippen LogP contribution in [0.2, 0.25) is 0 Å². The Labute approximate surface area is 160 Å². The zero-order valence-corrected chi connectivity index (χ0v) is 16.1. The molecule has 1 fully saturated rings. The molecule has 2 N–H and O–H groups in total. The van der Waals surface area contributed by atoms with Gasteiger partial charge in [-0.15, -0.1) is 0 Å². The molecule has 1 atom stereocenters. The van der Waals surface area contributed by atoms with Gasteiger partial charge in [-0.25, -0.2) is 0 Å². The fraction of sp³-hybridized carbons (Fsp3) is 0.333. The van der Waals surface area contributed by atoms with Gasteiger partial charge in [0.2, 0.25) is 0 Å². The number of nitrogens with zero attached hydrogens (tertiary/aromatic N) is 1. The normalized spacial score (nSPS) is 18.3. The molecule has 2 aromatic carbocycles. The van der Waals surface area contributed by atoms with E-state index in [-0.39, 0.29) is 0 Å². The van der Waals surface area contributed by atoms with Gasteiger partial charge in [0.25, 0.3) is 0 Å². The van der Waals surface area contributed by atoms with Crippen molar-refractivity contribution in [2.75, 3.05) is 6.54 Å². The molecule has 0 radical (unpaired) electrons. The zero-order valence-electron chi connectivity index (χ0n) is 16.1. The van der Waals surface area contributed by atoms with Crippen molar-refractivity contribution in [2.24, 2.45) is 0 Å². The number of hydrogen-bond donors (Lipinski definition) is 2. The second-order valence-corrected chi connectivity index (χ2v) is 8.20. The molecule has 3 heteroatoms. The molecule has 27 heavy (non-hydrogen) atoms. The van der Waals surface area contributed by atoms with E-state index in [1.807, 2.05) is 0 Å². The number of likely N-dealkylation sites (tertiary alicyclic amines) is 1. The van der Waals surface area contributed by atoms with E-state index in [1.165, 1.54) is 51.6 Å². The number of H-pyrrole nitrogens is 2. The minimum atomic E-state index is 0.483. The lowest BCUT2D eigenvalue weighted by molar-refractivity contribution is 0.246. The van der Waals surface area contributed by atoms with Gasteiger partial charge in [-0.3, -0.25) is 4.90 Å². The summed E-state index contributed by atoms with van der Waals surface area (Å²) in [4.78, 5) is 9.90. The average molecular weight is 358 g/mol. The lowest BCUT2D eigenvalue weighted by Crippen LogP contribution is -2.23. The van der Waals surface area contributed by atoms with Crippen molar-refractivity contribution in [2.45, 2.75) is 45.2 Å². The first kappa shape index (κ1) is 16.6. The minimum absolute atomic E-state index is 0.483. The summed E-state index contributed by atoms with van der Waals surface area (Å²) in [6, 6.07) is 20.4. The van der Waals surface area contributed by atoms with Gasteiger partial charge in [-0.05, 0) is 60.5 Å². The Morgan fingerprint density at radius 2 is 1.85 bits per heavy atom. The highest BCUT2D eigenvalue weighted by atomic mass is 15.2. The smallest absolute Gasteiger partial charge is 0.0502 e. The van der Waals surface area contributed by atoms with E-state index >= 15 is 0 Å². The summed E-state index contributed by atoms with van der Waals surface area (Å²) in [5.41, 5.74) is 6.62. The van der Waals surface area contributed by atoms with Gasteiger partial charge in [0.1, 0.15) is 0 Å². The van der Waals surface area contributed by atoms with Gasteiger partial charge >= 0.3 is 0 Å². The van der Waals surface area contributed by atoms with Crippen LogP contribution in [0.5, 0.6) is 0 Å². The number of benzene rings is 2. The molecule has 1 saturated heterocycles. The first-order valence-corrected chi connectivity index (χ1v) is 10.1. The van der Waals surface area contributed by atoms with Gasteiger partial charge < -0.3 is 9.97 Å². The van der Waals surface area contributed by atoms with Gasteiger partial charge in [0.05, 0.1) is 6.04 Å². The maximum Gasteiger partial charge on any atom is 0.0502 e. The van der Waals surface area contributed by atoms with Crippen LogP contribution < -0.4 is 0 Å². The molecule has 0 spiro atoms. The molecule has 0 aliphatic carbocycles. The van der Waals surface area contributed by atoms with Crippen LogP contribution in [0.25, 0.3) is 21.8 Å². The molecule has 0 saturated carbocycles. The zero-order chi connectivity index (χ0) is 18.4. The number of hydrogen-bond acceptors (Lipinski definition) is 1. The highest BCUT2D eigenvalue weighted by Crippen LogP contribution is 2.35. The number of rotatable bonds is 4. The van der Waals surface area contributed by atoms with E-state index in [0.29, 0.717) is 12.0 Å². The van der Waals surface area contributed by atoms with Crippen molar-refractivity contribution in [3.8, 4) is 0 Å². The molecular formula is C24H27N3. The fourth-order valence-corrected chi connectivity index (χ4v) is 4.55. The van der Waals surface area contributed by atoms with Gasteiger partial charge in [0.15, 0.2) is 0 Å². The predicted octanol–water partition coefficient (Wildman–Crippen LogP) is 6.11. The lowest BCUT2D eigenvalue weighted by atomic mass is 10.1. The van der Waals surface area contributed by atoms with Crippen molar-refractivity contribution in [1.82, 2.24) is 14.9 Å². The van der Waals surface area contributed by atoms with Crippen LogP contribution in [0, 0.1) is 0 Å². The highest BCUT2D eigenvalue weighted by molar-refractivity contribution is 5.84. The molecule has 138 valence electrons. The second kappa shape index (κ2) is 6.58. The Balaban J connectivity index is 1.46. The second-order valence-electron chi connectivity index (χ2n) is 8.20. The summed E-state index contributed by atoms with van der Waals surface area (Å²) >= 11 is 0. The predicted molar refractivity (Wildman–Crippen MR) is 113 cm³/mol. The van der Waals surface area contributed by atoms with E-state index in [1.54, 1.807) is 0 Å². The average Bonchev–Trinajstić information content (AvgIpc) is 3.39. The van der Waals surface area contributed by atoms with Crippen LogP contribution in [0.4, 0.5) is 0 Å². The third-order valence-corrected chi connectivity index (χ3v) is 6.04. The van der Waals surface area contributed by atoms with E-state index < -0.39 is 0 Å². The molecule has 1 aliphatic heterocycles. The van der Waals surface area contributed by atoms with E-state index in [2.05, 4.69) is 83.3 Å². The molecule has 5 rings (SSSR count). The number of para-hydroxylation sites is 1. The summed E-state index contributed by atoms with van der Waals surface area (Å²) in [6.07, 6.45) is 2.49. The number of fused-ring (bicyclic) bond motifs is 2. The molecule has 1 unspecified atom stereocenters. The summed E-state index contributed by atoms with van der Waals surface area (Å²) < 4.78 is 0. The Bertz CT molecular complexity index is 1050. The SMILES string of the molecule is CC(C)c1cc2c(CN3CCCC3c3cc4ccccc4[nH]3)cccc2[nH]1. The molecule has 3 nitrogen and oxygen atoms in total. The summed E-state index contributed by atoms with van der Waals surface area (Å²) in [5, 5.41) is 2.69. The molecule has 3 heterocycles. The fourth-order valence-electron chi connectivity index (χ4n) is 4.55. The maximum absolute atomic E-state index is 3.66. The lowest BCUT2D eigenvalue weighted by Gasteiger charge is -2.24. The standard InChI is InChI=1S/C24H27N3/c1-16(2)22-14-19-18(8-5-10-21(19)26-22)15-27-12-6-11-24(27)23-13-17-7-3-4-9-20(17)25-23/h3-5,7-10,13-14,16,24-26H,6,11-12,15H2,1-2H3. The van der Waals surface area contributed by atoms with Crippen molar-refractivity contribution in [3.63, 3.8) is 0 Å². The van der Waals surface area contributed by atoms with E-state index in [0.717, 1.165) is 13.1 Å². The minimum Gasteiger partial charge on any atom is -0.358 e. The van der Waals surface area contributed by atoms with Crippen LogP contribution in [-0.2, 0) is 6.54 Å². The molecule has 2 aromatic heterocycles. The third-order valence-electron chi connectivity index (χ3n) is 6.04. The van der Waals surface area contributed by atoms with Crippen LogP contribution in [0.1, 0.15) is 55.6 Å². The quantitative estimate of drug-likeness (QED) is 0.454. The summed E-state index contributed by atoms with van der Waals surface area (Å²) in [7, 11) is 0. The van der Waals surface area contributed by atoms with Gasteiger partial charge in [0, 0.05) is 34.4 Å². The van der Waals surface area contributed by atoms with Crippen LogP contribution in [0.15, 0.2) is 54.6 Å². The first-order valence-electron chi connectivity index (χ1n) is 10.1. The first-order chi connectivity index (χ1) is 13.2. The monoisotopic (exact) mass is 357 g/mol. The van der Waals surface area contributed by atoms with Crippen LogP contribution in [-0.4, -0.2) is 21.4 Å². The van der Waals surface area contributed by atoms with Crippen LogP contribution in [0.3, 0.4) is 0 Å². The number of aromatic amines is 2. The molecule has 1 aliphatic rings. The Hall–Kier alpha value is -2.52. The Kier molecular flexibility index (Phi) is 4.05. The Morgan fingerprint density at radius 3 is 2.70 bits per heavy atom. The summed E-state index contributed by atoms with van der Waals surface area (Å²) in [5.74, 6) is 0.524. The van der Waals surface area contributed by atoms with Crippen molar-refractivity contribution < 1.29 is 0 Å². The van der Waals surface area contributed by atoms with E-state index in [4.69, 9.17) is 0 Å². The maximum atomic E-state index is 3.66. The molecule has 4 aromatic rings. The van der Waals surface area contributed by atoms with Gasteiger partial charge in [-0.1, -0.05) is 44.2 Å². The van der Waals surface area contributed by atoms with E-state index in [9.17, 15) is 0 Å². The molecule has 0 amide bonds. The van der Waals surface area contributed by atoms with Crippen molar-refractivity contribution in [3.05, 3.63) is 71.5 Å². The van der Waals surface area contributed by atoms with Gasteiger partial charge in [-0.2, -0.15) is 0 Å². The molecular weight excluding hydrogens is 330 g/mol. The highest BCUT2D eigenvalue weighted by Gasteiger charge is 2.27.